The predicted molar refractivity (Wildman–Crippen MR) is 154 cm³/mol. The zero-order chi connectivity index (χ0) is 32.2. The van der Waals surface area contributed by atoms with Crippen molar-refractivity contribution in [3.8, 4) is 0 Å². The first kappa shape index (κ1) is 32.1. The first-order valence-corrected chi connectivity index (χ1v) is 17.5. The minimum atomic E-state index is -4.45. The average Bonchev–Trinajstić information content (AvgIpc) is 3.73. The maximum Gasteiger partial charge on any atom is 0.582 e. The highest BCUT2D eigenvalue weighted by Gasteiger charge is 2.54. The van der Waals surface area contributed by atoms with Crippen LogP contribution >= 0.6 is 26.2 Å². The average molecular weight is 713 g/mol. The first-order chi connectivity index (χ1) is 21.4. The molecule has 0 bridgehead atoms. The number of halogens is 2. The third-order valence-corrected chi connectivity index (χ3v) is 9.08. The van der Waals surface area contributed by atoms with Crippen LogP contribution in [-0.2, 0) is 39.4 Å². The van der Waals surface area contributed by atoms with Crippen LogP contribution in [-0.4, -0.2) is 105 Å². The van der Waals surface area contributed by atoms with Gasteiger partial charge in [-0.1, -0.05) is 10.4 Å². The highest BCUT2D eigenvalue weighted by Crippen LogP contribution is 2.51. The monoisotopic (exact) mass is 712 g/mol. The van der Waals surface area contributed by atoms with Crippen molar-refractivity contribution in [3.63, 3.8) is 0 Å². The van der Waals surface area contributed by atoms with Crippen molar-refractivity contribution in [2.24, 2.45) is 0 Å². The second kappa shape index (κ2) is 12.4. The zero-order valence-corrected chi connectivity index (χ0v) is 25.7. The molecule has 7 N–H and O–H groups in total. The highest BCUT2D eigenvalue weighted by atomic mass is 32.7. The molecule has 26 heteroatoms. The molecular formula is C19H22F2N11O9P2S2+. The van der Waals surface area contributed by atoms with E-state index in [-0.39, 0.29) is 34.0 Å². The molecule has 0 saturated carbocycles. The number of nitrogen functional groups attached to an aromatic ring is 2. The minimum absolute atomic E-state index is 0.0763. The summed E-state index contributed by atoms with van der Waals surface area (Å²) in [5.74, 6) is -0.309. The number of aliphatic hydroxyl groups is 1. The van der Waals surface area contributed by atoms with Crippen molar-refractivity contribution in [2.45, 2.75) is 49.2 Å². The number of hydrogen-bond acceptors (Lipinski definition) is 17. The molecule has 0 spiro atoms. The second-order valence-corrected chi connectivity index (χ2v) is 14.1. The number of hydrogen-bond donors (Lipinski definition) is 6. The van der Waals surface area contributed by atoms with Crippen molar-refractivity contribution >= 4 is 72.0 Å². The van der Waals surface area contributed by atoms with Gasteiger partial charge in [-0.2, -0.15) is 14.3 Å². The van der Waals surface area contributed by atoms with E-state index >= 15 is 8.78 Å². The number of aliphatic hydroxyl groups excluding tert-OH is 1. The van der Waals surface area contributed by atoms with E-state index in [0.717, 1.165) is 9.36 Å². The number of aromatic nitrogens is 9. The number of nitrogens with two attached hydrogens (primary N) is 2. The summed E-state index contributed by atoms with van der Waals surface area (Å²) in [6.45, 7) is -5.98. The Morgan fingerprint density at radius 1 is 1.11 bits per heavy atom. The van der Waals surface area contributed by atoms with Crippen LogP contribution in [0.25, 0.3) is 22.3 Å². The fourth-order valence-corrected chi connectivity index (χ4v) is 7.01. The Morgan fingerprint density at radius 3 is 2.51 bits per heavy atom. The molecular weight excluding hydrogens is 690 g/mol. The molecule has 2 aliphatic rings. The fourth-order valence-electron chi connectivity index (χ4n) is 4.82. The number of H-pyrrole nitrogens is 1. The maximum atomic E-state index is 15.7. The second-order valence-electron chi connectivity index (χ2n) is 9.61. The molecule has 0 aromatic carbocycles. The van der Waals surface area contributed by atoms with Crippen LogP contribution < -0.4 is 17.0 Å². The summed E-state index contributed by atoms with van der Waals surface area (Å²) in [4.78, 5) is 33.4. The minimum Gasteiger partial charge on any atom is -0.397 e. The van der Waals surface area contributed by atoms with Gasteiger partial charge >= 0.3 is 13.9 Å². The molecule has 242 valence electrons. The van der Waals surface area contributed by atoms with Gasteiger partial charge in [-0.3, -0.25) is 14.3 Å². The zero-order valence-electron chi connectivity index (χ0n) is 22.2. The summed E-state index contributed by atoms with van der Waals surface area (Å²) < 4.78 is 72.0. The van der Waals surface area contributed by atoms with Crippen molar-refractivity contribution in [3.05, 3.63) is 22.6 Å². The summed E-state index contributed by atoms with van der Waals surface area (Å²) in [5, 5.41) is 24.8. The van der Waals surface area contributed by atoms with Crippen LogP contribution in [0.2, 0.25) is 0 Å². The number of thiol groups is 1. The van der Waals surface area contributed by atoms with Crippen molar-refractivity contribution < 1.29 is 46.4 Å². The van der Waals surface area contributed by atoms with Gasteiger partial charge in [0.1, 0.15) is 30.6 Å². The van der Waals surface area contributed by atoms with E-state index < -0.39 is 81.9 Å². The van der Waals surface area contributed by atoms with Crippen LogP contribution in [0.15, 0.2) is 17.1 Å². The standard InChI is InChI=1S/C19H21F2N11O9P2S2/c20-8-6(3-33)38-18(32-15-11(28-30-32)16(34)26-19(23)25-15)13(8)41-43(36,45)37-4-7-12(40-42(35)44)9(21)17(39-7)31-14-10(27-29-31)5(22)1-2-24-14/h1-2,6-9,12-13,17-18,33H,3-4H2,(H6-,22,23,24,25,26,29,30,34,35,36,44,45)/p+1/t6-,7-,8+,9+,12-,13-,17-,18-,43?/m1/s1. The number of fused-ring (bicyclic) bond motifs is 2. The van der Waals surface area contributed by atoms with E-state index in [1.165, 1.54) is 12.3 Å². The van der Waals surface area contributed by atoms with Crippen LogP contribution in [0.4, 0.5) is 20.4 Å². The van der Waals surface area contributed by atoms with Crippen LogP contribution in [0.1, 0.15) is 12.5 Å². The predicted octanol–water partition coefficient (Wildman–Crippen LogP) is -0.427. The summed E-state index contributed by atoms with van der Waals surface area (Å²) in [7, 11) is -2.66. The number of pyridine rings is 1. The SMILES string of the molecule is Nc1nc2c(nnn2[C@@H]2O[C@H](CO)[C@H](F)[C@H]2OP(O)(=S)OC[C@H]2O[C@@H](n3nnc4c(N)ccnc43)[C@@H](F)[C@@H]2O[P+](=O)S)c(=O)[nH]1. The van der Waals surface area contributed by atoms with Gasteiger partial charge in [-0.25, -0.2) is 13.8 Å². The van der Waals surface area contributed by atoms with Crippen LogP contribution in [0, 0.1) is 0 Å². The molecule has 2 aliphatic heterocycles. The topological polar surface area (TPSA) is 276 Å². The normalized spacial score (nSPS) is 30.3. The van der Waals surface area contributed by atoms with Gasteiger partial charge < -0.3 is 35.5 Å². The molecule has 0 aliphatic carbocycles. The van der Waals surface area contributed by atoms with E-state index in [9.17, 15) is 19.4 Å². The van der Waals surface area contributed by atoms with Gasteiger partial charge in [0.2, 0.25) is 5.95 Å². The summed E-state index contributed by atoms with van der Waals surface area (Å²) in [6.07, 6.45) is -12.1. The number of ether oxygens (including phenoxy) is 2. The number of anilines is 2. The Labute approximate surface area is 259 Å². The van der Waals surface area contributed by atoms with E-state index in [1.807, 2.05) is 0 Å². The van der Waals surface area contributed by atoms with Crippen molar-refractivity contribution in [1.29, 1.82) is 0 Å². The third kappa shape index (κ3) is 6.03. The van der Waals surface area contributed by atoms with Crippen LogP contribution in [0.5, 0.6) is 0 Å². The third-order valence-electron chi connectivity index (χ3n) is 6.81. The van der Waals surface area contributed by atoms with E-state index in [4.69, 9.17) is 46.3 Å². The number of aromatic amines is 1. The lowest BCUT2D eigenvalue weighted by Gasteiger charge is -2.25. The smallest absolute Gasteiger partial charge is 0.397 e. The van der Waals surface area contributed by atoms with E-state index in [0.29, 0.717) is 0 Å². The quantitative estimate of drug-likeness (QED) is 0.0899. The first-order valence-electron chi connectivity index (χ1n) is 12.6. The molecule has 2 fully saturated rings. The molecule has 45 heavy (non-hydrogen) atoms. The van der Waals surface area contributed by atoms with Gasteiger partial charge in [0.05, 0.1) is 18.9 Å². The summed E-state index contributed by atoms with van der Waals surface area (Å²) in [6, 6.07) is 1.47. The lowest BCUT2D eigenvalue weighted by molar-refractivity contribution is -0.0601. The molecule has 6 heterocycles. The van der Waals surface area contributed by atoms with Crippen molar-refractivity contribution in [2.75, 3.05) is 24.7 Å². The van der Waals surface area contributed by atoms with Crippen LogP contribution in [0.3, 0.4) is 0 Å². The Bertz CT molecular complexity index is 1870. The number of nitrogens with one attached hydrogen (secondary N) is 1. The van der Waals surface area contributed by atoms with E-state index in [1.54, 1.807) is 0 Å². The molecule has 2 unspecified atom stereocenters. The maximum absolute atomic E-state index is 15.7. The Balaban J connectivity index is 1.22. The van der Waals surface area contributed by atoms with Gasteiger partial charge in [0.15, 0.2) is 53.2 Å². The van der Waals surface area contributed by atoms with Gasteiger partial charge in [-0.05, 0) is 22.4 Å². The molecule has 0 radical (unpaired) electrons. The van der Waals surface area contributed by atoms with E-state index in [2.05, 4.69) is 47.8 Å². The number of nitrogens with zero attached hydrogens (tertiary/aromatic N) is 8. The molecule has 10 atom stereocenters. The molecule has 4 aromatic rings. The Kier molecular flexibility index (Phi) is 8.82. The summed E-state index contributed by atoms with van der Waals surface area (Å²) in [5.41, 5.74) is 10.7. The molecule has 20 nitrogen and oxygen atoms in total. The Morgan fingerprint density at radius 2 is 1.80 bits per heavy atom. The van der Waals surface area contributed by atoms with Crippen molar-refractivity contribution in [1.82, 2.24) is 44.9 Å². The highest BCUT2D eigenvalue weighted by molar-refractivity contribution is 8.39. The van der Waals surface area contributed by atoms with Gasteiger partial charge in [0, 0.05) is 6.20 Å². The Hall–Kier alpha value is -2.89. The lowest BCUT2D eigenvalue weighted by atomic mass is 10.1. The molecule has 0 amide bonds. The fraction of sp³-hybridized carbons (Fsp3) is 0.526. The van der Waals surface area contributed by atoms with Gasteiger partial charge in [0.25, 0.3) is 5.56 Å². The molecule has 4 aromatic heterocycles. The largest absolute Gasteiger partial charge is 0.582 e. The lowest BCUT2D eigenvalue weighted by Crippen LogP contribution is -2.34. The number of alkyl halides is 2. The summed E-state index contributed by atoms with van der Waals surface area (Å²) >= 11 is 8.78. The molecule has 2 saturated heterocycles. The van der Waals surface area contributed by atoms with Gasteiger partial charge in [-0.15, -0.1) is 14.7 Å². The number of rotatable bonds is 10. The molecule has 6 rings (SSSR count).